The van der Waals surface area contributed by atoms with E-state index in [1.54, 1.807) is 26.8 Å². The maximum Gasteiger partial charge on any atom is 0.307 e. The number of Topliss-reactive ketones (excluding diaryl/α,β-unsaturated/α-hetero) is 1. The highest BCUT2D eigenvalue weighted by atomic mass is 32.2. The lowest BCUT2D eigenvalue weighted by Crippen LogP contribution is -2.48. The molecule has 3 heterocycles. The molecule has 4 aliphatic rings. The van der Waals surface area contributed by atoms with Crippen molar-refractivity contribution in [2.24, 2.45) is 29.1 Å². The zero-order valence-electron chi connectivity index (χ0n) is 32.6. The molecule has 7 atom stereocenters. The molecule has 1 saturated heterocycles. The van der Waals surface area contributed by atoms with Crippen LogP contribution in [0.5, 0.6) is 11.6 Å². The minimum Gasteiger partial charge on any atom is -0.494 e. The standard InChI is InChI=1S/C41H54FN3O9S/c1-7-25-16-24(2)10-8-9-11-26-20-41(26,39(49)44-55(50,51)29-13-14-29)21-34(46)33-18-28(23-45(33)38(48)31(25)19-36(47)54-40(3,4)5)53-37-32-17-27(42)12-15-30(32)35(52-6)22-43-37/h9,11-12,15,17,22,24-26,28-29,31,33H,7-8,10,13-14,16,18-21,23H2,1-6H3,(H,44,49)/b11-9-/t24-,25-,26-,28+,31-,33+,41-/m1/s1. The first-order valence-electron chi connectivity index (χ1n) is 19.5. The molecule has 0 radical (unpaired) electrons. The van der Waals surface area contributed by atoms with Crippen LogP contribution in [0.15, 0.2) is 36.5 Å². The zero-order valence-corrected chi connectivity index (χ0v) is 33.5. The predicted molar refractivity (Wildman–Crippen MR) is 203 cm³/mol. The molecule has 2 aliphatic carbocycles. The number of amides is 2. The van der Waals surface area contributed by atoms with E-state index in [1.807, 2.05) is 19.1 Å². The second kappa shape index (κ2) is 15.8. The van der Waals surface area contributed by atoms with Gasteiger partial charge in [-0.05, 0) is 95.2 Å². The first-order chi connectivity index (χ1) is 25.9. The van der Waals surface area contributed by atoms with Crippen LogP contribution >= 0.6 is 0 Å². The number of ketones is 1. The molecule has 1 N–H and O–H groups in total. The van der Waals surface area contributed by atoms with Crippen molar-refractivity contribution < 1.29 is 46.2 Å². The summed E-state index contributed by atoms with van der Waals surface area (Å²) in [5, 5.41) is 0.294. The van der Waals surface area contributed by atoms with Crippen molar-refractivity contribution in [1.29, 1.82) is 0 Å². The molecule has 0 unspecified atom stereocenters. The van der Waals surface area contributed by atoms with Crippen LogP contribution in [-0.4, -0.2) is 78.5 Å². The molecule has 300 valence electrons. The predicted octanol–water partition coefficient (Wildman–Crippen LogP) is 6.06. The summed E-state index contributed by atoms with van der Waals surface area (Å²) in [6.45, 7) is 9.37. The second-order valence-corrected chi connectivity index (χ2v) is 19.0. The Hall–Kier alpha value is -4.07. The van der Waals surface area contributed by atoms with Crippen LogP contribution in [0, 0.1) is 34.9 Å². The van der Waals surface area contributed by atoms with E-state index in [0.29, 0.717) is 55.0 Å². The summed E-state index contributed by atoms with van der Waals surface area (Å²) >= 11 is 0. The quantitative estimate of drug-likeness (QED) is 0.234. The smallest absolute Gasteiger partial charge is 0.307 e. The minimum absolute atomic E-state index is 0.0326. The summed E-state index contributed by atoms with van der Waals surface area (Å²) in [5.74, 6) is -3.17. The fourth-order valence-corrected chi connectivity index (χ4v) is 9.77. The van der Waals surface area contributed by atoms with Crippen molar-refractivity contribution in [3.8, 4) is 11.6 Å². The van der Waals surface area contributed by atoms with Gasteiger partial charge in [0.2, 0.25) is 27.7 Å². The summed E-state index contributed by atoms with van der Waals surface area (Å²) in [7, 11) is -2.40. The molecular weight excluding hydrogens is 730 g/mol. The molecule has 2 aliphatic heterocycles. The molecule has 0 bridgehead atoms. The number of fused-ring (bicyclic) bond motifs is 3. The Bertz CT molecular complexity index is 1960. The number of methoxy groups -OCH3 is 1. The first kappa shape index (κ1) is 40.6. The number of hydrogen-bond acceptors (Lipinski definition) is 10. The molecule has 2 amide bonds. The average molecular weight is 784 g/mol. The largest absolute Gasteiger partial charge is 0.494 e. The van der Waals surface area contributed by atoms with Crippen LogP contribution in [0.4, 0.5) is 4.39 Å². The molecule has 6 rings (SSSR count). The van der Waals surface area contributed by atoms with Crippen molar-refractivity contribution in [2.75, 3.05) is 13.7 Å². The number of carbonyl (C=O) groups excluding carboxylic acids is 4. The van der Waals surface area contributed by atoms with Crippen LogP contribution in [0.3, 0.4) is 0 Å². The number of nitrogens with zero attached hydrogens (tertiary/aromatic N) is 2. The van der Waals surface area contributed by atoms with Gasteiger partial charge in [0, 0.05) is 18.2 Å². The molecule has 1 aromatic carbocycles. The van der Waals surface area contributed by atoms with Crippen molar-refractivity contribution in [3.05, 3.63) is 42.4 Å². The number of esters is 1. The van der Waals surface area contributed by atoms with Gasteiger partial charge in [-0.15, -0.1) is 0 Å². The molecule has 2 saturated carbocycles. The minimum atomic E-state index is -3.88. The molecule has 2 aromatic rings. The first-order valence-corrected chi connectivity index (χ1v) is 21.1. The number of allylic oxidation sites excluding steroid dienone is 2. The van der Waals surface area contributed by atoms with E-state index < -0.39 is 67.8 Å². The van der Waals surface area contributed by atoms with Crippen LogP contribution < -0.4 is 14.2 Å². The fourth-order valence-electron chi connectivity index (χ4n) is 8.38. The Balaban J connectivity index is 1.37. The van der Waals surface area contributed by atoms with Gasteiger partial charge in [-0.2, -0.15) is 0 Å². The van der Waals surface area contributed by atoms with Gasteiger partial charge < -0.3 is 19.1 Å². The van der Waals surface area contributed by atoms with Gasteiger partial charge in [0.05, 0.1) is 54.3 Å². The number of aromatic nitrogens is 1. The molecule has 55 heavy (non-hydrogen) atoms. The maximum atomic E-state index is 15.0. The molecule has 1 aromatic heterocycles. The summed E-state index contributed by atoms with van der Waals surface area (Å²) in [4.78, 5) is 62.7. The van der Waals surface area contributed by atoms with Crippen LogP contribution in [0.2, 0.25) is 0 Å². The van der Waals surface area contributed by atoms with Gasteiger partial charge in [0.15, 0.2) is 5.78 Å². The highest BCUT2D eigenvalue weighted by Crippen LogP contribution is 2.57. The van der Waals surface area contributed by atoms with E-state index in [1.165, 1.54) is 30.3 Å². The van der Waals surface area contributed by atoms with E-state index in [-0.39, 0.29) is 55.3 Å². The monoisotopic (exact) mass is 783 g/mol. The number of sulfonamides is 1. The lowest BCUT2D eigenvalue weighted by atomic mass is 9.79. The van der Waals surface area contributed by atoms with Crippen molar-refractivity contribution in [3.63, 3.8) is 0 Å². The van der Waals surface area contributed by atoms with Crippen LogP contribution in [0.1, 0.15) is 98.8 Å². The summed E-state index contributed by atoms with van der Waals surface area (Å²) in [6, 6.07) is 3.10. The number of rotatable bonds is 9. The van der Waals surface area contributed by atoms with Gasteiger partial charge in [-0.1, -0.05) is 32.4 Å². The van der Waals surface area contributed by atoms with Gasteiger partial charge in [-0.3, -0.25) is 23.9 Å². The molecule has 3 fully saturated rings. The van der Waals surface area contributed by atoms with Gasteiger partial charge in [-0.25, -0.2) is 17.8 Å². The summed E-state index contributed by atoms with van der Waals surface area (Å²) in [5.41, 5.74) is -2.06. The molecular formula is C41H54FN3O9S. The van der Waals surface area contributed by atoms with Gasteiger partial charge >= 0.3 is 5.97 Å². The Morgan fingerprint density at radius 2 is 1.85 bits per heavy atom. The number of carbonyl (C=O) groups is 4. The Labute approximate surface area is 323 Å². The van der Waals surface area contributed by atoms with Crippen molar-refractivity contribution >= 4 is 44.4 Å². The maximum absolute atomic E-state index is 15.0. The third kappa shape index (κ3) is 9.16. The van der Waals surface area contributed by atoms with Gasteiger partial charge in [0.1, 0.15) is 23.3 Å². The van der Waals surface area contributed by atoms with E-state index in [4.69, 9.17) is 14.2 Å². The zero-order chi connectivity index (χ0) is 39.9. The highest BCUT2D eigenvalue weighted by Gasteiger charge is 2.61. The van der Waals surface area contributed by atoms with E-state index >= 15 is 0 Å². The lowest BCUT2D eigenvalue weighted by molar-refractivity contribution is -0.160. The second-order valence-electron chi connectivity index (χ2n) is 17.0. The van der Waals surface area contributed by atoms with Crippen LogP contribution in [0.25, 0.3) is 10.8 Å². The highest BCUT2D eigenvalue weighted by molar-refractivity contribution is 7.90. The fraction of sp³-hybridized carbons (Fsp3) is 0.634. The number of benzene rings is 1. The molecule has 0 spiro atoms. The normalized spacial score (nSPS) is 29.7. The number of halogens is 1. The Morgan fingerprint density at radius 1 is 1.11 bits per heavy atom. The van der Waals surface area contributed by atoms with E-state index in [2.05, 4.69) is 16.6 Å². The molecule has 12 nitrogen and oxygen atoms in total. The van der Waals surface area contributed by atoms with Gasteiger partial charge in [0.25, 0.3) is 0 Å². The molecule has 14 heteroatoms. The summed E-state index contributed by atoms with van der Waals surface area (Å²) < 4.78 is 60.2. The number of nitrogens with one attached hydrogen (secondary N) is 1. The number of hydrogen-bond donors (Lipinski definition) is 1. The lowest BCUT2D eigenvalue weighted by Gasteiger charge is -2.33. The Kier molecular flexibility index (Phi) is 11.7. The van der Waals surface area contributed by atoms with E-state index in [0.717, 1.165) is 6.42 Å². The Morgan fingerprint density at radius 3 is 2.53 bits per heavy atom. The van der Waals surface area contributed by atoms with Crippen molar-refractivity contribution in [1.82, 2.24) is 14.6 Å². The van der Waals surface area contributed by atoms with E-state index in [9.17, 15) is 32.0 Å². The number of pyridine rings is 1. The number of ether oxygens (including phenoxy) is 3. The van der Waals surface area contributed by atoms with Crippen molar-refractivity contribution in [2.45, 2.75) is 122 Å². The SMILES string of the molecule is CC[C@@H]1C[C@H](C)CC/C=C\[C@@H]2C[C@@]2(C(=O)NS(=O)(=O)C2CC2)CC(=O)[C@@H]2C[C@H](Oc3ncc(OC)c4ccc(F)cc34)CN2C(=O)[C@@H]1CC(=O)OC(C)(C)C. The topological polar surface area (TPSA) is 158 Å². The average Bonchev–Trinajstić information content (AvgIpc) is 4.04. The van der Waals surface area contributed by atoms with Crippen LogP contribution in [-0.2, 0) is 33.9 Å². The third-order valence-corrected chi connectivity index (χ3v) is 13.4. The summed E-state index contributed by atoms with van der Waals surface area (Å²) in [6.07, 6.45) is 8.23. The third-order valence-electron chi connectivity index (χ3n) is 11.6.